The van der Waals surface area contributed by atoms with Gasteiger partial charge in [-0.1, -0.05) is 0 Å². The zero-order valence-corrected chi connectivity index (χ0v) is 13.8. The van der Waals surface area contributed by atoms with Gasteiger partial charge in [0.2, 0.25) is 11.8 Å². The molecule has 0 spiro atoms. The molecular formula is C14H20N2O6S. The molecule has 2 fully saturated rings. The van der Waals surface area contributed by atoms with Crippen LogP contribution in [0.5, 0.6) is 0 Å². The molecule has 0 aromatic carbocycles. The lowest BCUT2D eigenvalue weighted by Gasteiger charge is -2.43. The van der Waals surface area contributed by atoms with Crippen molar-refractivity contribution in [3.63, 3.8) is 0 Å². The van der Waals surface area contributed by atoms with E-state index in [0.717, 1.165) is 0 Å². The van der Waals surface area contributed by atoms with Crippen LogP contribution in [0.15, 0.2) is 0 Å². The minimum atomic E-state index is -1.04. The summed E-state index contributed by atoms with van der Waals surface area (Å²) in [6, 6.07) is -1.59. The summed E-state index contributed by atoms with van der Waals surface area (Å²) in [7, 11) is 0. The number of carbonyl (C=O) groups is 4. The predicted molar refractivity (Wildman–Crippen MR) is 81.8 cm³/mol. The predicted octanol–water partition coefficient (Wildman–Crippen LogP) is 0.263. The highest BCUT2D eigenvalue weighted by atomic mass is 32.2. The second-order valence-electron chi connectivity index (χ2n) is 6.24. The molecule has 3 N–H and O–H groups in total. The maximum atomic E-state index is 12.2. The quantitative estimate of drug-likeness (QED) is 0.447. The van der Waals surface area contributed by atoms with Crippen LogP contribution in [-0.4, -0.2) is 61.1 Å². The molecule has 2 rings (SSSR count). The lowest BCUT2D eigenvalue weighted by Crippen LogP contribution is -2.70. The molecule has 0 aliphatic carbocycles. The Kier molecular flexibility index (Phi) is 4.88. The molecule has 8 nitrogen and oxygen atoms in total. The number of hydrogen-bond acceptors (Lipinski definition) is 5. The highest BCUT2D eigenvalue weighted by Crippen LogP contribution is 2.50. The van der Waals surface area contributed by atoms with Crippen LogP contribution in [0.4, 0.5) is 0 Å². The van der Waals surface area contributed by atoms with Crippen molar-refractivity contribution in [3.8, 4) is 0 Å². The fourth-order valence-electron chi connectivity index (χ4n) is 2.95. The number of nitrogens with zero attached hydrogens (tertiary/aromatic N) is 1. The van der Waals surface area contributed by atoms with E-state index in [1.807, 2.05) is 0 Å². The molecule has 0 unspecified atom stereocenters. The first kappa shape index (κ1) is 17.6. The molecule has 0 bridgehead atoms. The molecule has 2 aliphatic heterocycles. The Morgan fingerprint density at radius 3 is 2.39 bits per heavy atom. The first-order chi connectivity index (χ1) is 10.6. The summed E-state index contributed by atoms with van der Waals surface area (Å²) >= 11 is 1.37. The first-order valence-corrected chi connectivity index (χ1v) is 8.27. The average Bonchev–Trinajstić information content (AvgIpc) is 2.69. The van der Waals surface area contributed by atoms with Crippen LogP contribution in [-0.2, 0) is 19.2 Å². The highest BCUT2D eigenvalue weighted by Gasteiger charge is 2.64. The van der Waals surface area contributed by atoms with Crippen molar-refractivity contribution in [1.82, 2.24) is 10.2 Å². The third-order valence-corrected chi connectivity index (χ3v) is 5.61. The number of hydrogen-bond donors (Lipinski definition) is 3. The Morgan fingerprint density at radius 2 is 1.83 bits per heavy atom. The lowest BCUT2D eigenvalue weighted by molar-refractivity contribution is -0.161. The highest BCUT2D eigenvalue weighted by molar-refractivity contribution is 8.01. The zero-order chi connectivity index (χ0) is 17.4. The van der Waals surface area contributed by atoms with Crippen molar-refractivity contribution >= 4 is 35.5 Å². The number of aliphatic carboxylic acids is 2. The average molecular weight is 344 g/mol. The number of nitrogens with one attached hydrogen (secondary N) is 1. The molecule has 2 heterocycles. The number of carboxylic acids is 2. The Morgan fingerprint density at radius 1 is 1.22 bits per heavy atom. The van der Waals surface area contributed by atoms with E-state index in [1.54, 1.807) is 13.8 Å². The number of β-lactam (4-membered cyclic amide) rings is 1. The van der Waals surface area contributed by atoms with Crippen LogP contribution < -0.4 is 5.32 Å². The molecule has 2 saturated heterocycles. The van der Waals surface area contributed by atoms with Crippen molar-refractivity contribution in [3.05, 3.63) is 0 Å². The minimum Gasteiger partial charge on any atom is -0.481 e. The first-order valence-electron chi connectivity index (χ1n) is 7.39. The van der Waals surface area contributed by atoms with E-state index >= 15 is 0 Å². The number of fused-ring (bicyclic) bond motifs is 1. The Bertz CT molecular complexity index is 549. The molecule has 2 amide bonds. The van der Waals surface area contributed by atoms with Crippen molar-refractivity contribution in [2.75, 3.05) is 0 Å². The van der Waals surface area contributed by atoms with Crippen LogP contribution in [0, 0.1) is 0 Å². The summed E-state index contributed by atoms with van der Waals surface area (Å²) < 4.78 is -0.618. The second kappa shape index (κ2) is 6.38. The number of thioether (sulfide) groups is 1. The molecule has 3 atom stereocenters. The van der Waals surface area contributed by atoms with E-state index in [-0.39, 0.29) is 30.0 Å². The van der Waals surface area contributed by atoms with Crippen LogP contribution in [0.1, 0.15) is 39.5 Å². The molecule has 0 aromatic rings. The lowest BCUT2D eigenvalue weighted by atomic mass is 9.96. The van der Waals surface area contributed by atoms with Gasteiger partial charge < -0.3 is 20.4 Å². The number of carbonyl (C=O) groups excluding carboxylic acids is 2. The van der Waals surface area contributed by atoms with E-state index < -0.39 is 28.8 Å². The van der Waals surface area contributed by atoms with Crippen molar-refractivity contribution in [2.45, 2.75) is 61.7 Å². The van der Waals surface area contributed by atoms with E-state index in [4.69, 9.17) is 5.11 Å². The fraction of sp³-hybridized carbons (Fsp3) is 0.714. The normalized spacial score (nSPS) is 28.0. The molecule has 23 heavy (non-hydrogen) atoms. The Labute approximate surface area is 137 Å². The summed E-state index contributed by atoms with van der Waals surface area (Å²) in [6.45, 7) is 3.54. The van der Waals surface area contributed by atoms with Gasteiger partial charge in [0.1, 0.15) is 17.5 Å². The zero-order valence-electron chi connectivity index (χ0n) is 12.9. The molecular weight excluding hydrogens is 324 g/mol. The maximum absolute atomic E-state index is 12.2. The van der Waals surface area contributed by atoms with Crippen LogP contribution in [0.3, 0.4) is 0 Å². The van der Waals surface area contributed by atoms with Crippen LogP contribution >= 0.6 is 11.8 Å². The summed E-state index contributed by atoms with van der Waals surface area (Å²) in [6.07, 6.45) is 1.00. The summed E-state index contributed by atoms with van der Waals surface area (Å²) in [4.78, 5) is 47.1. The van der Waals surface area contributed by atoms with Gasteiger partial charge in [-0.05, 0) is 26.7 Å². The van der Waals surface area contributed by atoms with Gasteiger partial charge in [-0.15, -0.1) is 11.8 Å². The van der Waals surface area contributed by atoms with Gasteiger partial charge in [-0.25, -0.2) is 4.79 Å². The van der Waals surface area contributed by atoms with Crippen LogP contribution in [0.25, 0.3) is 0 Å². The molecule has 2 aliphatic rings. The Hall–Kier alpha value is -1.77. The summed E-state index contributed by atoms with van der Waals surface area (Å²) in [5.41, 5.74) is 0. The third kappa shape index (κ3) is 3.44. The third-order valence-electron chi connectivity index (χ3n) is 4.04. The maximum Gasteiger partial charge on any atom is 0.327 e. The van der Waals surface area contributed by atoms with Gasteiger partial charge in [0.25, 0.3) is 0 Å². The van der Waals surface area contributed by atoms with E-state index in [9.17, 15) is 24.3 Å². The second-order valence-corrected chi connectivity index (χ2v) is 8.02. The molecule has 0 aromatic heterocycles. The van der Waals surface area contributed by atoms with Gasteiger partial charge in [-0.3, -0.25) is 14.4 Å². The summed E-state index contributed by atoms with van der Waals surface area (Å²) in [5, 5.41) is 20.1. The largest absolute Gasteiger partial charge is 0.481 e. The van der Waals surface area contributed by atoms with Gasteiger partial charge in [0.15, 0.2) is 0 Å². The standard InChI is InChI=1S/C14H20N2O6S/c1-14(2)10(13(21)22)16-11(20)9(12(16)23-14)15-7(17)5-3-4-6-8(18)19/h9-10,12H,3-6H2,1-2H3,(H,15,17)(H,18,19)(H,21,22)/t9-,10+,12-/m1/s1. The fourth-order valence-corrected chi connectivity index (χ4v) is 4.58. The number of unbranched alkanes of at least 4 members (excludes halogenated alkanes) is 1. The topological polar surface area (TPSA) is 124 Å². The van der Waals surface area contributed by atoms with Gasteiger partial charge in [0.05, 0.1) is 0 Å². The van der Waals surface area contributed by atoms with Crippen molar-refractivity contribution in [1.29, 1.82) is 0 Å². The van der Waals surface area contributed by atoms with Crippen molar-refractivity contribution in [2.24, 2.45) is 0 Å². The number of amides is 2. The van der Waals surface area contributed by atoms with Gasteiger partial charge >= 0.3 is 11.9 Å². The summed E-state index contributed by atoms with van der Waals surface area (Å²) in [5.74, 6) is -2.64. The monoisotopic (exact) mass is 344 g/mol. The van der Waals surface area contributed by atoms with E-state index in [2.05, 4.69) is 5.32 Å². The smallest absolute Gasteiger partial charge is 0.327 e. The van der Waals surface area contributed by atoms with Gasteiger partial charge in [0, 0.05) is 17.6 Å². The minimum absolute atomic E-state index is 0.0103. The van der Waals surface area contributed by atoms with E-state index in [0.29, 0.717) is 12.8 Å². The number of rotatable bonds is 7. The van der Waals surface area contributed by atoms with Crippen LogP contribution in [0.2, 0.25) is 0 Å². The Balaban J connectivity index is 1.87. The van der Waals surface area contributed by atoms with E-state index in [1.165, 1.54) is 16.7 Å². The molecule has 9 heteroatoms. The van der Waals surface area contributed by atoms with Gasteiger partial charge in [-0.2, -0.15) is 0 Å². The molecule has 0 radical (unpaired) electrons. The SMILES string of the molecule is CC1(C)S[C@@H]2[C@H](NC(=O)CCCCC(=O)O)C(=O)N2[C@H]1C(=O)O. The van der Waals surface area contributed by atoms with Crippen molar-refractivity contribution < 1.29 is 29.4 Å². The molecule has 128 valence electrons. The molecule has 0 saturated carbocycles. The number of carboxylic acid groups (broad SMARTS) is 2.